The Bertz CT molecular complexity index is 529. The quantitative estimate of drug-likeness (QED) is 0.683. The number of carbonyl (C=O) groups excluding carboxylic acids is 1. The standard InChI is InChI=1S/C13H15ClN2O4/c1-8(9-5-6-20-7-9)15-13(17)10-3-2-4-11(14)12(10)16(18)19/h2-4,8-9H,5-7H2,1H3,(H,15,17). The molecule has 7 heteroatoms. The van der Waals surface area contributed by atoms with Gasteiger partial charge in [-0.2, -0.15) is 0 Å². The van der Waals surface area contributed by atoms with Crippen LogP contribution in [0.25, 0.3) is 0 Å². The number of halogens is 1. The van der Waals surface area contributed by atoms with E-state index in [1.165, 1.54) is 18.2 Å². The lowest BCUT2D eigenvalue weighted by atomic mass is 10.0. The number of nitrogens with zero attached hydrogens (tertiary/aromatic N) is 1. The van der Waals surface area contributed by atoms with Crippen molar-refractivity contribution in [2.75, 3.05) is 13.2 Å². The molecule has 1 fully saturated rings. The van der Waals surface area contributed by atoms with Gasteiger partial charge in [-0.1, -0.05) is 17.7 Å². The second-order valence-corrected chi connectivity index (χ2v) is 5.19. The molecule has 1 N–H and O–H groups in total. The summed E-state index contributed by atoms with van der Waals surface area (Å²) in [5.74, 6) is -0.254. The molecule has 0 aliphatic carbocycles. The molecular weight excluding hydrogens is 284 g/mol. The summed E-state index contributed by atoms with van der Waals surface area (Å²) in [5.41, 5.74) is -0.380. The predicted molar refractivity (Wildman–Crippen MR) is 74.0 cm³/mol. The molecule has 0 aromatic heterocycles. The average molecular weight is 299 g/mol. The minimum atomic E-state index is -0.638. The molecule has 0 bridgehead atoms. The summed E-state index contributed by atoms with van der Waals surface area (Å²) in [7, 11) is 0. The molecule has 1 aliphatic heterocycles. The average Bonchev–Trinajstić information content (AvgIpc) is 2.91. The van der Waals surface area contributed by atoms with E-state index >= 15 is 0 Å². The van der Waals surface area contributed by atoms with Crippen LogP contribution in [0, 0.1) is 16.0 Å². The van der Waals surface area contributed by atoms with Crippen LogP contribution in [0.3, 0.4) is 0 Å². The van der Waals surface area contributed by atoms with E-state index in [-0.39, 0.29) is 28.2 Å². The molecule has 1 aromatic rings. The normalized spacial score (nSPS) is 19.6. The monoisotopic (exact) mass is 298 g/mol. The molecule has 0 spiro atoms. The molecule has 0 saturated carbocycles. The van der Waals surface area contributed by atoms with E-state index in [4.69, 9.17) is 16.3 Å². The Kier molecular flexibility index (Phi) is 4.57. The van der Waals surface area contributed by atoms with Gasteiger partial charge in [0.15, 0.2) is 0 Å². The largest absolute Gasteiger partial charge is 0.381 e. The predicted octanol–water partition coefficient (Wildman–Crippen LogP) is 2.40. The third-order valence-corrected chi connectivity index (χ3v) is 3.75. The Morgan fingerprint density at radius 2 is 2.35 bits per heavy atom. The fourth-order valence-electron chi connectivity index (χ4n) is 2.23. The number of hydrogen-bond acceptors (Lipinski definition) is 4. The van der Waals surface area contributed by atoms with Crippen LogP contribution in [0.15, 0.2) is 18.2 Å². The van der Waals surface area contributed by atoms with Crippen molar-refractivity contribution in [1.29, 1.82) is 0 Å². The third-order valence-electron chi connectivity index (χ3n) is 3.44. The summed E-state index contributed by atoms with van der Waals surface area (Å²) in [6.45, 7) is 3.15. The van der Waals surface area contributed by atoms with Gasteiger partial charge in [0.2, 0.25) is 0 Å². The smallest absolute Gasteiger partial charge is 0.300 e. The Balaban J connectivity index is 2.16. The summed E-state index contributed by atoms with van der Waals surface area (Å²) >= 11 is 5.79. The van der Waals surface area contributed by atoms with E-state index in [1.54, 1.807) is 0 Å². The van der Waals surface area contributed by atoms with Crippen LogP contribution in [-0.2, 0) is 4.74 Å². The van der Waals surface area contributed by atoms with Crippen LogP contribution in [0.2, 0.25) is 5.02 Å². The van der Waals surface area contributed by atoms with Gasteiger partial charge in [-0.15, -0.1) is 0 Å². The first-order valence-corrected chi connectivity index (χ1v) is 6.70. The fraction of sp³-hybridized carbons (Fsp3) is 0.462. The van der Waals surface area contributed by atoms with Gasteiger partial charge in [-0.3, -0.25) is 14.9 Å². The molecule has 1 amide bonds. The van der Waals surface area contributed by atoms with Gasteiger partial charge < -0.3 is 10.1 Å². The lowest BCUT2D eigenvalue weighted by molar-refractivity contribution is -0.385. The van der Waals surface area contributed by atoms with E-state index in [2.05, 4.69) is 5.32 Å². The third kappa shape index (κ3) is 3.08. The second kappa shape index (κ2) is 6.19. The van der Waals surface area contributed by atoms with Crippen LogP contribution in [0.1, 0.15) is 23.7 Å². The minimum Gasteiger partial charge on any atom is -0.381 e. The van der Waals surface area contributed by atoms with Gasteiger partial charge in [0.1, 0.15) is 10.6 Å². The van der Waals surface area contributed by atoms with Gasteiger partial charge in [0.05, 0.1) is 11.5 Å². The first-order chi connectivity index (χ1) is 9.50. The number of rotatable bonds is 4. The van der Waals surface area contributed by atoms with E-state index in [0.717, 1.165) is 6.42 Å². The number of para-hydroxylation sites is 1. The number of benzene rings is 1. The minimum absolute atomic E-state index is 0.0201. The Morgan fingerprint density at radius 3 is 2.95 bits per heavy atom. The van der Waals surface area contributed by atoms with Crippen LogP contribution in [0.5, 0.6) is 0 Å². The molecule has 1 aromatic carbocycles. The Morgan fingerprint density at radius 1 is 1.60 bits per heavy atom. The van der Waals surface area contributed by atoms with Crippen molar-refractivity contribution in [1.82, 2.24) is 5.32 Å². The van der Waals surface area contributed by atoms with Crippen molar-refractivity contribution >= 4 is 23.2 Å². The molecule has 2 unspecified atom stereocenters. The number of carbonyl (C=O) groups is 1. The number of nitro benzene ring substituents is 1. The highest BCUT2D eigenvalue weighted by atomic mass is 35.5. The second-order valence-electron chi connectivity index (χ2n) is 4.78. The van der Waals surface area contributed by atoms with Crippen molar-refractivity contribution in [2.45, 2.75) is 19.4 Å². The first kappa shape index (κ1) is 14.7. The first-order valence-electron chi connectivity index (χ1n) is 6.32. The Labute approximate surface area is 121 Å². The van der Waals surface area contributed by atoms with Crippen molar-refractivity contribution in [3.63, 3.8) is 0 Å². The van der Waals surface area contributed by atoms with Crippen LogP contribution in [-0.4, -0.2) is 30.1 Å². The van der Waals surface area contributed by atoms with Crippen molar-refractivity contribution in [3.8, 4) is 0 Å². The van der Waals surface area contributed by atoms with E-state index in [9.17, 15) is 14.9 Å². The van der Waals surface area contributed by atoms with Crippen LogP contribution in [0.4, 0.5) is 5.69 Å². The number of amides is 1. The van der Waals surface area contributed by atoms with Gasteiger partial charge in [-0.25, -0.2) is 0 Å². The lowest BCUT2D eigenvalue weighted by Crippen LogP contribution is -2.38. The maximum atomic E-state index is 12.2. The van der Waals surface area contributed by atoms with Crippen LogP contribution < -0.4 is 5.32 Å². The van der Waals surface area contributed by atoms with Crippen LogP contribution >= 0.6 is 11.6 Å². The highest BCUT2D eigenvalue weighted by molar-refractivity contribution is 6.33. The zero-order chi connectivity index (χ0) is 14.7. The highest BCUT2D eigenvalue weighted by Gasteiger charge is 2.28. The molecular formula is C13H15ClN2O4. The molecule has 1 saturated heterocycles. The van der Waals surface area contributed by atoms with Crippen molar-refractivity contribution < 1.29 is 14.5 Å². The molecule has 108 valence electrons. The molecule has 20 heavy (non-hydrogen) atoms. The zero-order valence-electron chi connectivity index (χ0n) is 11.0. The number of hydrogen-bond donors (Lipinski definition) is 1. The number of nitrogens with one attached hydrogen (secondary N) is 1. The molecule has 0 radical (unpaired) electrons. The lowest BCUT2D eigenvalue weighted by Gasteiger charge is -2.19. The molecule has 6 nitrogen and oxygen atoms in total. The summed E-state index contributed by atoms with van der Waals surface area (Å²) in [5, 5.41) is 13.7. The van der Waals surface area contributed by atoms with Gasteiger partial charge in [0.25, 0.3) is 5.91 Å². The summed E-state index contributed by atoms with van der Waals surface area (Å²) in [4.78, 5) is 22.5. The zero-order valence-corrected chi connectivity index (χ0v) is 11.7. The van der Waals surface area contributed by atoms with Gasteiger partial charge in [0, 0.05) is 18.6 Å². The van der Waals surface area contributed by atoms with Crippen molar-refractivity contribution in [2.24, 2.45) is 5.92 Å². The summed E-state index contributed by atoms with van der Waals surface area (Å²) in [6, 6.07) is 4.21. The van der Waals surface area contributed by atoms with E-state index < -0.39 is 10.8 Å². The summed E-state index contributed by atoms with van der Waals surface area (Å²) < 4.78 is 5.27. The summed E-state index contributed by atoms with van der Waals surface area (Å²) in [6.07, 6.45) is 0.874. The molecule has 2 rings (SSSR count). The number of ether oxygens (including phenoxy) is 1. The molecule has 1 aliphatic rings. The maximum absolute atomic E-state index is 12.2. The topological polar surface area (TPSA) is 81.5 Å². The van der Waals surface area contributed by atoms with Gasteiger partial charge >= 0.3 is 5.69 Å². The Hall–Kier alpha value is -1.66. The van der Waals surface area contributed by atoms with Crippen molar-refractivity contribution in [3.05, 3.63) is 38.9 Å². The molecule has 2 atom stereocenters. The molecule has 1 heterocycles. The fourth-order valence-corrected chi connectivity index (χ4v) is 2.48. The van der Waals surface area contributed by atoms with E-state index in [1.807, 2.05) is 6.92 Å². The SMILES string of the molecule is CC(NC(=O)c1cccc(Cl)c1[N+](=O)[O-])C1CCOC1. The van der Waals surface area contributed by atoms with E-state index in [0.29, 0.717) is 13.2 Å². The highest BCUT2D eigenvalue weighted by Crippen LogP contribution is 2.28. The number of nitro groups is 1. The van der Waals surface area contributed by atoms with Gasteiger partial charge in [-0.05, 0) is 25.5 Å². The maximum Gasteiger partial charge on any atom is 0.300 e.